The molecule has 19 heavy (non-hydrogen) atoms. The van der Waals surface area contributed by atoms with Gasteiger partial charge in [-0.25, -0.2) is 0 Å². The zero-order valence-electron chi connectivity index (χ0n) is 10.3. The first kappa shape index (κ1) is 12.9. The van der Waals surface area contributed by atoms with Crippen LogP contribution < -0.4 is 5.73 Å². The quantitative estimate of drug-likeness (QED) is 0.725. The number of nitrogens with two attached hydrogens (primary N) is 1. The maximum Gasteiger partial charge on any atom is 0.0431 e. The van der Waals surface area contributed by atoms with E-state index < -0.39 is 0 Å². The lowest BCUT2D eigenvalue weighted by Gasteiger charge is -2.10. The van der Waals surface area contributed by atoms with Crippen molar-refractivity contribution in [1.29, 1.82) is 0 Å². The molecule has 96 valence electrons. The highest BCUT2D eigenvalue weighted by Gasteiger charge is 2.12. The molecule has 2 aromatic carbocycles. The van der Waals surface area contributed by atoms with E-state index in [4.69, 9.17) is 5.73 Å². The van der Waals surface area contributed by atoms with Gasteiger partial charge in [0, 0.05) is 20.1 Å². The van der Waals surface area contributed by atoms with Crippen LogP contribution in [0.1, 0.15) is 16.5 Å². The monoisotopic (exact) mass is 331 g/mol. The van der Waals surface area contributed by atoms with E-state index in [1.165, 1.54) is 20.5 Å². The van der Waals surface area contributed by atoms with Crippen LogP contribution in [-0.4, -0.2) is 0 Å². The summed E-state index contributed by atoms with van der Waals surface area (Å²) in [4.78, 5) is 1.25. The number of halogens is 1. The van der Waals surface area contributed by atoms with Crippen LogP contribution in [0.25, 0.3) is 10.1 Å². The molecule has 0 saturated heterocycles. The van der Waals surface area contributed by atoms with Crippen molar-refractivity contribution in [3.63, 3.8) is 0 Å². The first-order valence-electron chi connectivity index (χ1n) is 6.21. The number of hydrogen-bond acceptors (Lipinski definition) is 2. The molecule has 1 atom stereocenters. The highest BCUT2D eigenvalue weighted by molar-refractivity contribution is 9.10. The van der Waals surface area contributed by atoms with Gasteiger partial charge in [-0.2, -0.15) is 0 Å². The van der Waals surface area contributed by atoms with Gasteiger partial charge in [0.1, 0.15) is 0 Å². The standard InChI is InChI=1S/C16H14BrNS/c17-13-7-3-1-5-11(13)9-14(18)16-10-12-6-2-4-8-15(12)19-16/h1-8,10,14H,9,18H2. The number of fused-ring (bicyclic) bond motifs is 1. The summed E-state index contributed by atoms with van der Waals surface area (Å²) in [5, 5.41) is 1.28. The molecule has 3 rings (SSSR count). The summed E-state index contributed by atoms with van der Waals surface area (Å²) >= 11 is 5.37. The first-order chi connectivity index (χ1) is 9.24. The molecule has 1 unspecified atom stereocenters. The third-order valence-corrected chi connectivity index (χ3v) is 5.23. The predicted octanol–water partition coefficient (Wildman–Crippen LogP) is 4.91. The molecule has 0 spiro atoms. The first-order valence-corrected chi connectivity index (χ1v) is 7.82. The maximum absolute atomic E-state index is 6.35. The number of thiophene rings is 1. The summed E-state index contributed by atoms with van der Waals surface area (Å²) in [6.07, 6.45) is 0.855. The normalized spacial score (nSPS) is 12.7. The van der Waals surface area contributed by atoms with Gasteiger partial charge in [0.25, 0.3) is 0 Å². The van der Waals surface area contributed by atoms with Crippen molar-refractivity contribution in [3.05, 3.63) is 69.5 Å². The zero-order chi connectivity index (χ0) is 13.2. The van der Waals surface area contributed by atoms with Gasteiger partial charge in [-0.15, -0.1) is 11.3 Å². The Labute approximate surface area is 125 Å². The van der Waals surface area contributed by atoms with Gasteiger partial charge >= 0.3 is 0 Å². The Balaban J connectivity index is 1.87. The minimum atomic E-state index is 0.0519. The minimum absolute atomic E-state index is 0.0519. The lowest BCUT2D eigenvalue weighted by molar-refractivity contribution is 0.735. The van der Waals surface area contributed by atoms with Crippen LogP contribution >= 0.6 is 27.3 Å². The van der Waals surface area contributed by atoms with E-state index in [1.807, 2.05) is 6.07 Å². The topological polar surface area (TPSA) is 26.0 Å². The zero-order valence-corrected chi connectivity index (χ0v) is 12.7. The van der Waals surface area contributed by atoms with Gasteiger partial charge in [0.05, 0.1) is 0 Å². The number of rotatable bonds is 3. The van der Waals surface area contributed by atoms with Crippen LogP contribution in [0.2, 0.25) is 0 Å². The molecular formula is C16H14BrNS. The third kappa shape index (κ3) is 2.73. The van der Waals surface area contributed by atoms with Crippen LogP contribution in [0.4, 0.5) is 0 Å². The van der Waals surface area contributed by atoms with Crippen LogP contribution in [0, 0.1) is 0 Å². The van der Waals surface area contributed by atoms with E-state index in [0.717, 1.165) is 10.9 Å². The van der Waals surface area contributed by atoms with Crippen molar-refractivity contribution in [3.8, 4) is 0 Å². The summed E-state index contributed by atoms with van der Waals surface area (Å²) in [6.45, 7) is 0. The molecule has 3 aromatic rings. The summed E-state index contributed by atoms with van der Waals surface area (Å²) in [7, 11) is 0. The van der Waals surface area contributed by atoms with Crippen molar-refractivity contribution < 1.29 is 0 Å². The van der Waals surface area contributed by atoms with E-state index in [-0.39, 0.29) is 6.04 Å². The number of benzene rings is 2. The Kier molecular flexibility index (Phi) is 3.69. The van der Waals surface area contributed by atoms with Gasteiger partial charge < -0.3 is 5.73 Å². The van der Waals surface area contributed by atoms with Crippen LogP contribution in [0.5, 0.6) is 0 Å². The second kappa shape index (κ2) is 5.45. The van der Waals surface area contributed by atoms with E-state index in [9.17, 15) is 0 Å². The molecule has 0 aliphatic carbocycles. The second-order valence-corrected chi connectivity index (χ2v) is 6.56. The lowest BCUT2D eigenvalue weighted by atomic mass is 10.1. The van der Waals surface area contributed by atoms with E-state index in [0.29, 0.717) is 0 Å². The fourth-order valence-electron chi connectivity index (χ4n) is 2.19. The fourth-order valence-corrected chi connectivity index (χ4v) is 3.70. The highest BCUT2D eigenvalue weighted by atomic mass is 79.9. The van der Waals surface area contributed by atoms with Crippen molar-refractivity contribution in [2.45, 2.75) is 12.5 Å². The Morgan fingerprint density at radius 1 is 1.05 bits per heavy atom. The molecule has 0 bridgehead atoms. The highest BCUT2D eigenvalue weighted by Crippen LogP contribution is 2.31. The van der Waals surface area contributed by atoms with Crippen LogP contribution in [0.3, 0.4) is 0 Å². The Morgan fingerprint density at radius 3 is 2.58 bits per heavy atom. The Morgan fingerprint density at radius 2 is 1.79 bits per heavy atom. The lowest BCUT2D eigenvalue weighted by Crippen LogP contribution is -2.11. The van der Waals surface area contributed by atoms with Crippen molar-refractivity contribution >= 4 is 37.4 Å². The van der Waals surface area contributed by atoms with Gasteiger partial charge in [-0.1, -0.05) is 52.3 Å². The molecule has 0 fully saturated rings. The van der Waals surface area contributed by atoms with E-state index in [1.54, 1.807) is 11.3 Å². The smallest absolute Gasteiger partial charge is 0.0431 e. The van der Waals surface area contributed by atoms with E-state index >= 15 is 0 Å². The second-order valence-electron chi connectivity index (χ2n) is 4.59. The summed E-state index contributed by atoms with van der Waals surface area (Å²) < 4.78 is 2.44. The van der Waals surface area contributed by atoms with Crippen molar-refractivity contribution in [1.82, 2.24) is 0 Å². The SMILES string of the molecule is NC(Cc1ccccc1Br)c1cc2ccccc2s1. The average molecular weight is 332 g/mol. The van der Waals surface area contributed by atoms with Crippen molar-refractivity contribution in [2.24, 2.45) is 5.73 Å². The molecule has 0 saturated carbocycles. The van der Waals surface area contributed by atoms with Crippen molar-refractivity contribution in [2.75, 3.05) is 0 Å². The summed E-state index contributed by atoms with van der Waals surface area (Å²) in [5.41, 5.74) is 7.61. The Bertz CT molecular complexity index is 672. The molecule has 1 heterocycles. The number of hydrogen-bond donors (Lipinski definition) is 1. The molecule has 1 nitrogen and oxygen atoms in total. The summed E-state index contributed by atoms with van der Waals surface area (Å²) in [5.74, 6) is 0. The fraction of sp³-hybridized carbons (Fsp3) is 0.125. The molecule has 0 amide bonds. The molecular weight excluding hydrogens is 318 g/mol. The third-order valence-electron chi connectivity index (χ3n) is 3.21. The molecule has 0 aliphatic heterocycles. The van der Waals surface area contributed by atoms with Gasteiger partial charge in [0.2, 0.25) is 0 Å². The van der Waals surface area contributed by atoms with Crippen LogP contribution in [0.15, 0.2) is 59.1 Å². The van der Waals surface area contributed by atoms with Gasteiger partial charge in [0.15, 0.2) is 0 Å². The molecule has 1 aromatic heterocycles. The maximum atomic E-state index is 6.35. The summed E-state index contributed by atoms with van der Waals surface area (Å²) in [6, 6.07) is 19.0. The molecule has 3 heteroatoms. The molecule has 0 radical (unpaired) electrons. The molecule has 2 N–H and O–H groups in total. The van der Waals surface area contributed by atoms with Crippen LogP contribution in [-0.2, 0) is 6.42 Å². The Hall–Kier alpha value is -1.16. The largest absolute Gasteiger partial charge is 0.323 e. The van der Waals surface area contributed by atoms with Gasteiger partial charge in [-0.3, -0.25) is 0 Å². The van der Waals surface area contributed by atoms with Gasteiger partial charge in [-0.05, 0) is 35.6 Å². The average Bonchev–Trinajstić information content (AvgIpc) is 2.85. The molecule has 0 aliphatic rings. The minimum Gasteiger partial charge on any atom is -0.323 e. The predicted molar refractivity (Wildman–Crippen MR) is 86.6 cm³/mol. The van der Waals surface area contributed by atoms with E-state index in [2.05, 4.69) is 64.5 Å².